The number of hydrogen-bond donors (Lipinski definition) is 1. The molecule has 156 valence electrons. The molecular weight excluding hydrogens is 434 g/mol. The monoisotopic (exact) mass is 461 g/mol. The lowest BCUT2D eigenvalue weighted by Gasteiger charge is -2.45. The zero-order chi connectivity index (χ0) is 20.0. The summed E-state index contributed by atoms with van der Waals surface area (Å²) < 4.78 is 12.0. The fraction of sp³-hybridized carbons (Fsp3) is 0.591. The number of carbonyl (C=O) groups is 1. The van der Waals surface area contributed by atoms with Crippen LogP contribution in [-0.2, 0) is 15.9 Å². The summed E-state index contributed by atoms with van der Waals surface area (Å²) in [4.78, 5) is 20.0. The number of piperidine rings is 1. The second-order valence-electron chi connectivity index (χ2n) is 8.61. The van der Waals surface area contributed by atoms with Crippen molar-refractivity contribution in [1.82, 2.24) is 14.8 Å². The lowest BCUT2D eigenvalue weighted by atomic mass is 9.72. The summed E-state index contributed by atoms with van der Waals surface area (Å²) >= 11 is 3.73. The molecular formula is C22H28BrN3O3. The highest BCUT2D eigenvalue weighted by molar-refractivity contribution is 9.10. The number of likely N-dealkylation sites (tertiary alicyclic amines) is 1. The molecule has 1 unspecified atom stereocenters. The van der Waals surface area contributed by atoms with Crippen LogP contribution in [0.15, 0.2) is 22.8 Å². The first-order valence-electron chi connectivity index (χ1n) is 10.6. The second kappa shape index (κ2) is 7.93. The summed E-state index contributed by atoms with van der Waals surface area (Å²) in [6.45, 7) is 4.03. The molecule has 2 fully saturated rings. The highest BCUT2D eigenvalue weighted by atomic mass is 79.9. The second-order valence-corrected chi connectivity index (χ2v) is 9.40. The molecule has 3 aliphatic rings. The van der Waals surface area contributed by atoms with E-state index in [-0.39, 0.29) is 6.09 Å². The summed E-state index contributed by atoms with van der Waals surface area (Å²) in [6.07, 6.45) is 2.96. The van der Waals surface area contributed by atoms with Gasteiger partial charge < -0.3 is 24.3 Å². The van der Waals surface area contributed by atoms with Crippen molar-refractivity contribution in [1.29, 1.82) is 0 Å². The topological polar surface area (TPSA) is 57.8 Å². The van der Waals surface area contributed by atoms with Gasteiger partial charge in [0.15, 0.2) is 0 Å². The Labute approximate surface area is 179 Å². The molecule has 7 heteroatoms. The van der Waals surface area contributed by atoms with Gasteiger partial charge >= 0.3 is 6.09 Å². The van der Waals surface area contributed by atoms with Crippen molar-refractivity contribution in [2.45, 2.75) is 31.2 Å². The molecule has 1 N–H and O–H groups in total. The number of ether oxygens (including phenoxy) is 2. The minimum atomic E-state index is -0.195. The number of nitrogens with zero attached hydrogens (tertiary/aromatic N) is 2. The predicted octanol–water partition coefficient (Wildman–Crippen LogP) is 3.75. The fourth-order valence-electron chi connectivity index (χ4n) is 5.46. The number of likely N-dealkylation sites (N-methyl/N-ethyl adjacent to an activating group) is 1. The molecule has 2 aliphatic heterocycles. The number of fused-ring (bicyclic) bond motifs is 2. The number of benzene rings is 1. The molecule has 1 aliphatic carbocycles. The Balaban J connectivity index is 1.26. The lowest BCUT2D eigenvalue weighted by Crippen LogP contribution is -2.48. The van der Waals surface area contributed by atoms with Crippen molar-refractivity contribution in [3.05, 3.63) is 33.9 Å². The van der Waals surface area contributed by atoms with Gasteiger partial charge in [-0.2, -0.15) is 0 Å². The molecule has 0 spiro atoms. The first kappa shape index (κ1) is 19.4. The van der Waals surface area contributed by atoms with Crippen LogP contribution in [0, 0.1) is 5.92 Å². The smallest absolute Gasteiger partial charge is 0.409 e. The summed E-state index contributed by atoms with van der Waals surface area (Å²) in [6, 6.07) is 7.17. The minimum absolute atomic E-state index is 0.195. The molecule has 2 saturated heterocycles. The van der Waals surface area contributed by atoms with Crippen LogP contribution in [0.2, 0.25) is 0 Å². The van der Waals surface area contributed by atoms with Crippen molar-refractivity contribution < 1.29 is 14.3 Å². The van der Waals surface area contributed by atoms with Crippen molar-refractivity contribution in [3.8, 4) is 0 Å². The molecule has 5 rings (SSSR count). The van der Waals surface area contributed by atoms with E-state index in [1.807, 2.05) is 0 Å². The number of carbonyl (C=O) groups excluding carboxylic acids is 1. The normalized spacial score (nSPS) is 27.1. The Hall–Kier alpha value is -1.57. The number of aromatic nitrogens is 1. The van der Waals surface area contributed by atoms with Crippen LogP contribution >= 0.6 is 15.9 Å². The number of aromatic amines is 1. The molecule has 3 atom stereocenters. The van der Waals surface area contributed by atoms with E-state index in [4.69, 9.17) is 9.47 Å². The van der Waals surface area contributed by atoms with Gasteiger partial charge in [-0.15, -0.1) is 0 Å². The van der Waals surface area contributed by atoms with Gasteiger partial charge in [0, 0.05) is 42.5 Å². The van der Waals surface area contributed by atoms with E-state index in [0.717, 1.165) is 30.4 Å². The van der Waals surface area contributed by atoms with Crippen LogP contribution in [0.4, 0.5) is 4.79 Å². The van der Waals surface area contributed by atoms with Gasteiger partial charge in [0.2, 0.25) is 0 Å². The number of H-pyrrole nitrogens is 1. The highest BCUT2D eigenvalue weighted by Crippen LogP contribution is 2.46. The van der Waals surface area contributed by atoms with Crippen molar-refractivity contribution in [2.75, 3.05) is 46.5 Å². The average Bonchev–Trinajstić information content (AvgIpc) is 3.06. The van der Waals surface area contributed by atoms with E-state index >= 15 is 0 Å². The molecule has 2 aromatic rings. The zero-order valence-electron chi connectivity index (χ0n) is 16.8. The molecule has 6 nitrogen and oxygen atoms in total. The van der Waals surface area contributed by atoms with E-state index < -0.39 is 0 Å². The Bertz CT molecular complexity index is 908. The van der Waals surface area contributed by atoms with Crippen molar-refractivity contribution in [3.63, 3.8) is 0 Å². The van der Waals surface area contributed by atoms with Gasteiger partial charge in [-0.3, -0.25) is 0 Å². The maximum absolute atomic E-state index is 12.2. The largest absolute Gasteiger partial charge is 0.449 e. The maximum Gasteiger partial charge on any atom is 0.409 e. The van der Waals surface area contributed by atoms with E-state index in [9.17, 15) is 4.79 Å². The first-order valence-corrected chi connectivity index (χ1v) is 11.4. The molecule has 1 aromatic carbocycles. The van der Waals surface area contributed by atoms with Gasteiger partial charge in [0.1, 0.15) is 0 Å². The predicted molar refractivity (Wildman–Crippen MR) is 115 cm³/mol. The van der Waals surface area contributed by atoms with Gasteiger partial charge in [-0.05, 0) is 65.4 Å². The molecule has 0 bridgehead atoms. The Kier molecular flexibility index (Phi) is 5.30. The SMILES string of the molecule is CN1CC(CCOC(=O)N2CCOCC2)C[C@@H]2c3cccc4[nH]c(Br)c(c34)C[C@H]21. The van der Waals surface area contributed by atoms with Crippen LogP contribution in [0.1, 0.15) is 29.9 Å². The lowest BCUT2D eigenvalue weighted by molar-refractivity contribution is 0.0232. The van der Waals surface area contributed by atoms with E-state index in [0.29, 0.717) is 50.8 Å². The van der Waals surface area contributed by atoms with Crippen LogP contribution in [0.3, 0.4) is 0 Å². The first-order chi connectivity index (χ1) is 14.1. The number of amides is 1. The van der Waals surface area contributed by atoms with E-state index in [2.05, 4.69) is 51.1 Å². The molecule has 0 radical (unpaired) electrons. The number of hydrogen-bond acceptors (Lipinski definition) is 4. The van der Waals surface area contributed by atoms with E-state index in [1.165, 1.54) is 22.0 Å². The summed E-state index contributed by atoms with van der Waals surface area (Å²) in [5.41, 5.74) is 4.12. The average molecular weight is 462 g/mol. The Morgan fingerprint density at radius 1 is 1.34 bits per heavy atom. The third kappa shape index (κ3) is 3.57. The van der Waals surface area contributed by atoms with Gasteiger partial charge in [-0.1, -0.05) is 12.1 Å². The van der Waals surface area contributed by atoms with Crippen molar-refractivity contribution in [2.24, 2.45) is 5.92 Å². The van der Waals surface area contributed by atoms with Crippen LogP contribution in [0.25, 0.3) is 10.9 Å². The Morgan fingerprint density at radius 2 is 2.17 bits per heavy atom. The van der Waals surface area contributed by atoms with Gasteiger partial charge in [-0.25, -0.2) is 4.79 Å². The molecule has 29 heavy (non-hydrogen) atoms. The van der Waals surface area contributed by atoms with Crippen LogP contribution in [-0.4, -0.2) is 73.4 Å². The third-order valence-electron chi connectivity index (χ3n) is 6.91. The maximum atomic E-state index is 12.2. The van der Waals surface area contributed by atoms with Gasteiger partial charge in [0.25, 0.3) is 0 Å². The standard InChI is InChI=1S/C22H28BrN3O3/c1-25-13-14(5-8-29-22(27)26-6-9-28-10-7-26)11-16-15-3-2-4-18-20(15)17(12-19(16)25)21(23)24-18/h2-4,14,16,19,24H,5-13H2,1H3/t14?,16-,19-/m1/s1. The van der Waals surface area contributed by atoms with Gasteiger partial charge in [0.05, 0.1) is 24.4 Å². The fourth-order valence-corrected chi connectivity index (χ4v) is 6.03. The number of rotatable bonds is 3. The molecule has 1 aromatic heterocycles. The van der Waals surface area contributed by atoms with Crippen LogP contribution in [0.5, 0.6) is 0 Å². The molecule has 1 amide bonds. The highest BCUT2D eigenvalue weighted by Gasteiger charge is 2.40. The van der Waals surface area contributed by atoms with Crippen LogP contribution < -0.4 is 0 Å². The molecule has 0 saturated carbocycles. The number of nitrogens with one attached hydrogen (secondary N) is 1. The molecule has 3 heterocycles. The number of morpholine rings is 1. The summed E-state index contributed by atoms with van der Waals surface area (Å²) in [5, 5.41) is 1.41. The number of halogens is 1. The van der Waals surface area contributed by atoms with Crippen molar-refractivity contribution >= 4 is 32.9 Å². The summed E-state index contributed by atoms with van der Waals surface area (Å²) in [5.74, 6) is 1.07. The Morgan fingerprint density at radius 3 is 3.00 bits per heavy atom. The quantitative estimate of drug-likeness (QED) is 0.755. The minimum Gasteiger partial charge on any atom is -0.449 e. The summed E-state index contributed by atoms with van der Waals surface area (Å²) in [7, 11) is 2.25. The zero-order valence-corrected chi connectivity index (χ0v) is 18.4. The third-order valence-corrected chi connectivity index (χ3v) is 7.58. The van der Waals surface area contributed by atoms with E-state index in [1.54, 1.807) is 4.90 Å².